The van der Waals surface area contributed by atoms with Gasteiger partial charge in [0.1, 0.15) is 0 Å². The van der Waals surface area contributed by atoms with Crippen molar-refractivity contribution in [1.29, 1.82) is 0 Å². The van der Waals surface area contributed by atoms with Crippen LogP contribution in [0.1, 0.15) is 27.7 Å². The fraction of sp³-hybridized carbons (Fsp3) is 0.562. The van der Waals surface area contributed by atoms with Crippen molar-refractivity contribution in [3.05, 3.63) is 35.2 Å². The van der Waals surface area contributed by atoms with Gasteiger partial charge in [-0.25, -0.2) is 5.06 Å². The molecule has 1 aliphatic carbocycles. The fourth-order valence-corrected chi connectivity index (χ4v) is 2.55. The molecule has 0 aromatic rings. The summed E-state index contributed by atoms with van der Waals surface area (Å²) in [6, 6.07) is 0. The Kier molecular flexibility index (Phi) is 3.97. The average Bonchev–Trinajstić information content (AvgIpc) is 2.51. The minimum atomic E-state index is -0.797. The molecule has 0 aromatic heterocycles. The third kappa shape index (κ3) is 2.37. The van der Waals surface area contributed by atoms with Crippen molar-refractivity contribution in [1.82, 2.24) is 15.0 Å². The minimum absolute atomic E-state index is 0.0727. The van der Waals surface area contributed by atoms with Crippen molar-refractivity contribution in [2.75, 3.05) is 20.6 Å². The van der Waals surface area contributed by atoms with E-state index in [0.29, 0.717) is 17.7 Å². The molecule has 0 bridgehead atoms. The molecule has 2 aliphatic rings. The first kappa shape index (κ1) is 16.7. The van der Waals surface area contributed by atoms with Gasteiger partial charge in [0.05, 0.1) is 11.1 Å². The molecule has 1 heterocycles. The topological polar surface area (TPSA) is 66.9 Å². The van der Waals surface area contributed by atoms with E-state index in [1.807, 2.05) is 32.8 Å². The van der Waals surface area contributed by atoms with Crippen molar-refractivity contribution < 1.29 is 15.2 Å². The van der Waals surface area contributed by atoms with Crippen LogP contribution in [0, 0.1) is 0 Å². The van der Waals surface area contributed by atoms with Crippen molar-refractivity contribution in [2.24, 2.45) is 0 Å². The van der Waals surface area contributed by atoms with E-state index >= 15 is 0 Å². The first-order chi connectivity index (χ1) is 10.00. The molecular weight excluding hydrogens is 282 g/mol. The third-order valence-electron chi connectivity index (χ3n) is 4.73. The highest BCUT2D eigenvalue weighted by Crippen LogP contribution is 2.44. The molecule has 22 heavy (non-hydrogen) atoms. The molecule has 6 heteroatoms. The van der Waals surface area contributed by atoms with E-state index in [2.05, 4.69) is 0 Å². The highest BCUT2D eigenvalue weighted by molar-refractivity contribution is 6.06. The van der Waals surface area contributed by atoms with Gasteiger partial charge in [-0.3, -0.25) is 10.0 Å². The Balaban J connectivity index is 2.53. The van der Waals surface area contributed by atoms with Crippen molar-refractivity contribution in [3.63, 3.8) is 0 Å². The van der Waals surface area contributed by atoms with Gasteiger partial charge >= 0.3 is 0 Å². The Hall–Kier alpha value is -1.63. The smallest absolute Gasteiger partial charge is 0.183 e. The summed E-state index contributed by atoms with van der Waals surface area (Å²) in [6.07, 6.45) is 4.72. The molecular formula is C16H24N3O3. The number of allylic oxidation sites excluding steroid dienone is 4. The first-order valence-corrected chi connectivity index (χ1v) is 7.28. The molecule has 0 atom stereocenters. The van der Waals surface area contributed by atoms with Crippen LogP contribution in [0.15, 0.2) is 35.2 Å². The Labute approximate surface area is 131 Å². The number of likely N-dealkylation sites (N-methyl/N-ethyl adjacent to an activating group) is 1. The number of nitrogens with zero attached hydrogens (tertiary/aromatic N) is 3. The lowest BCUT2D eigenvalue weighted by molar-refractivity contribution is -0.181. The number of carbonyl (C=O) groups excluding carboxylic acids is 1. The van der Waals surface area contributed by atoms with Gasteiger partial charge in [-0.1, -0.05) is 5.21 Å². The van der Waals surface area contributed by atoms with Gasteiger partial charge in [0.15, 0.2) is 11.6 Å². The summed E-state index contributed by atoms with van der Waals surface area (Å²) < 4.78 is 0. The monoisotopic (exact) mass is 306 g/mol. The van der Waals surface area contributed by atoms with E-state index in [1.54, 1.807) is 26.0 Å². The maximum atomic E-state index is 12.7. The molecule has 1 N–H and O–H groups in total. The highest BCUT2D eigenvalue weighted by atomic mass is 16.6. The lowest BCUT2D eigenvalue weighted by Gasteiger charge is -2.36. The molecule has 0 unspecified atom stereocenters. The van der Waals surface area contributed by atoms with Crippen LogP contribution in [-0.2, 0) is 10.0 Å². The second-order valence-electron chi connectivity index (χ2n) is 7.11. The Bertz CT molecular complexity index is 563. The van der Waals surface area contributed by atoms with Gasteiger partial charge in [-0.2, -0.15) is 5.06 Å². The fourth-order valence-electron chi connectivity index (χ4n) is 2.55. The van der Waals surface area contributed by atoms with Crippen molar-refractivity contribution in [3.8, 4) is 0 Å². The summed E-state index contributed by atoms with van der Waals surface area (Å²) in [6.45, 7) is 7.69. The van der Waals surface area contributed by atoms with Crippen LogP contribution in [0.2, 0.25) is 0 Å². The molecule has 0 saturated carbocycles. The largest absolute Gasteiger partial charge is 0.305 e. The summed E-state index contributed by atoms with van der Waals surface area (Å²) in [5.74, 6) is 0.103. The van der Waals surface area contributed by atoms with E-state index < -0.39 is 11.1 Å². The van der Waals surface area contributed by atoms with E-state index in [-0.39, 0.29) is 11.6 Å². The third-order valence-corrected chi connectivity index (χ3v) is 4.73. The Morgan fingerprint density at radius 1 is 1.14 bits per heavy atom. The van der Waals surface area contributed by atoms with Gasteiger partial charge < -0.3 is 4.90 Å². The van der Waals surface area contributed by atoms with Gasteiger partial charge in [0.25, 0.3) is 0 Å². The summed E-state index contributed by atoms with van der Waals surface area (Å²) in [5.41, 5.74) is -0.399. The van der Waals surface area contributed by atoms with E-state index in [0.717, 1.165) is 10.1 Å². The lowest BCUT2D eigenvalue weighted by Crippen LogP contribution is -2.52. The van der Waals surface area contributed by atoms with Crippen molar-refractivity contribution >= 4 is 5.78 Å². The van der Waals surface area contributed by atoms with Crippen LogP contribution >= 0.6 is 0 Å². The van der Waals surface area contributed by atoms with E-state index in [1.165, 1.54) is 6.08 Å². The highest BCUT2D eigenvalue weighted by Gasteiger charge is 2.56. The molecule has 1 saturated heterocycles. The molecule has 0 spiro atoms. The molecule has 121 valence electrons. The van der Waals surface area contributed by atoms with Crippen LogP contribution in [0.3, 0.4) is 0 Å². The summed E-state index contributed by atoms with van der Waals surface area (Å²) in [5, 5.41) is 25.0. The molecule has 0 amide bonds. The number of ketones is 1. The average molecular weight is 306 g/mol. The number of carbonyl (C=O) groups is 1. The van der Waals surface area contributed by atoms with Crippen molar-refractivity contribution in [2.45, 2.75) is 38.8 Å². The predicted molar refractivity (Wildman–Crippen MR) is 82.1 cm³/mol. The maximum Gasteiger partial charge on any atom is 0.183 e. The van der Waals surface area contributed by atoms with Crippen LogP contribution < -0.4 is 0 Å². The summed E-state index contributed by atoms with van der Waals surface area (Å²) in [4.78, 5) is 13.8. The van der Waals surface area contributed by atoms with Gasteiger partial charge in [-0.15, -0.1) is 0 Å². The normalized spacial score (nSPS) is 27.0. The number of rotatable bonds is 2. The van der Waals surface area contributed by atoms with E-state index in [9.17, 15) is 15.2 Å². The van der Waals surface area contributed by atoms with Gasteiger partial charge in [0.2, 0.25) is 0 Å². The zero-order valence-corrected chi connectivity index (χ0v) is 14.0. The maximum absolute atomic E-state index is 12.7. The summed E-state index contributed by atoms with van der Waals surface area (Å²) in [7, 11) is 3.75. The second-order valence-corrected chi connectivity index (χ2v) is 7.11. The van der Waals surface area contributed by atoms with Crippen LogP contribution in [-0.4, -0.2) is 57.7 Å². The Morgan fingerprint density at radius 3 is 2.18 bits per heavy atom. The summed E-state index contributed by atoms with van der Waals surface area (Å²) >= 11 is 0. The Morgan fingerprint density at radius 2 is 1.73 bits per heavy atom. The first-order valence-electron chi connectivity index (χ1n) is 7.28. The molecule has 1 fully saturated rings. The zero-order valence-electron chi connectivity index (χ0n) is 14.0. The quantitative estimate of drug-likeness (QED) is 0.841. The standard InChI is InChI=1S/C16H24N3O3/c1-15(2)16(3,4)19(22)14(18(15)21)11-7-8-13(20)12(9-11)10-17(5)6/h7-9,21H,10H2,1-6H3/b14-11+. The van der Waals surface area contributed by atoms with E-state index in [4.69, 9.17) is 0 Å². The number of hydrogen-bond acceptors (Lipinski definition) is 5. The molecule has 6 nitrogen and oxygen atoms in total. The molecule has 2 rings (SSSR count). The predicted octanol–water partition coefficient (Wildman–Crippen LogP) is 1.73. The second kappa shape index (κ2) is 5.22. The lowest BCUT2D eigenvalue weighted by atomic mass is 9.84. The minimum Gasteiger partial charge on any atom is -0.305 e. The van der Waals surface area contributed by atoms with Gasteiger partial charge in [0, 0.05) is 17.7 Å². The number of hydrogen-bond donors (Lipinski definition) is 1. The zero-order chi connectivity index (χ0) is 16.9. The van der Waals surface area contributed by atoms with Gasteiger partial charge in [-0.05, 0) is 60.0 Å². The molecule has 0 aromatic carbocycles. The number of hydroxylamine groups is 4. The van der Waals surface area contributed by atoms with Crippen LogP contribution in [0.4, 0.5) is 0 Å². The van der Waals surface area contributed by atoms with Crippen LogP contribution in [0.5, 0.6) is 0 Å². The molecule has 1 radical (unpaired) electrons. The van der Waals surface area contributed by atoms with Crippen LogP contribution in [0.25, 0.3) is 0 Å². The SMILES string of the molecule is CN(C)CC1=C/C(=C2/N([O])C(C)(C)C(C)(C)N2O)C=CC1=O. The molecule has 1 aliphatic heterocycles.